The van der Waals surface area contributed by atoms with Crippen molar-refractivity contribution in [2.24, 2.45) is 5.73 Å². The van der Waals surface area contributed by atoms with Gasteiger partial charge in [0.25, 0.3) is 0 Å². The van der Waals surface area contributed by atoms with Crippen LogP contribution in [-0.2, 0) is 0 Å². The van der Waals surface area contributed by atoms with Gasteiger partial charge in [0.05, 0.1) is 4.34 Å². The van der Waals surface area contributed by atoms with Gasteiger partial charge in [-0.1, -0.05) is 11.6 Å². The summed E-state index contributed by atoms with van der Waals surface area (Å²) in [6.45, 7) is 7.05. The molecule has 2 aliphatic heterocycles. The lowest BCUT2D eigenvalue weighted by Crippen LogP contribution is -2.46. The molecule has 2 unspecified atom stereocenters. The molecule has 0 amide bonds. The molecule has 2 N–H and O–H groups in total. The van der Waals surface area contributed by atoms with Crippen LogP contribution in [0.1, 0.15) is 37.1 Å². The summed E-state index contributed by atoms with van der Waals surface area (Å²) in [6, 6.07) is 5.82. The number of nitrogens with two attached hydrogens (primary N) is 1. The Kier molecular flexibility index (Phi) is 4.68. The molecule has 2 saturated heterocycles. The van der Waals surface area contributed by atoms with Gasteiger partial charge in [0.15, 0.2) is 0 Å². The number of piperidine rings is 1. The van der Waals surface area contributed by atoms with Crippen LogP contribution >= 0.6 is 22.9 Å². The number of rotatable bonds is 3. The lowest BCUT2D eigenvalue weighted by Gasteiger charge is -2.35. The molecule has 0 aromatic carbocycles. The first kappa shape index (κ1) is 14.8. The van der Waals surface area contributed by atoms with Gasteiger partial charge in [-0.2, -0.15) is 0 Å². The maximum atomic E-state index is 6.06. The number of halogens is 1. The number of thiophene rings is 1. The summed E-state index contributed by atoms with van der Waals surface area (Å²) in [5.41, 5.74) is 6.00. The Balaban J connectivity index is 1.56. The predicted octanol–water partition coefficient (Wildman–Crippen LogP) is 2.96. The highest BCUT2D eigenvalue weighted by atomic mass is 35.5. The first-order valence-electron chi connectivity index (χ1n) is 7.62. The summed E-state index contributed by atoms with van der Waals surface area (Å²) in [6.07, 6.45) is 3.61. The molecule has 1 aromatic heterocycles. The van der Waals surface area contributed by atoms with Crippen molar-refractivity contribution in [3.63, 3.8) is 0 Å². The second kappa shape index (κ2) is 6.32. The third-order valence-corrected chi connectivity index (χ3v) is 6.24. The first-order valence-corrected chi connectivity index (χ1v) is 8.82. The topological polar surface area (TPSA) is 32.5 Å². The quantitative estimate of drug-likeness (QED) is 0.931. The number of hydrogen-bond donors (Lipinski definition) is 1. The molecule has 0 saturated carbocycles. The maximum Gasteiger partial charge on any atom is 0.0931 e. The fraction of sp³-hybridized carbons (Fsp3) is 0.733. The van der Waals surface area contributed by atoms with Crippen molar-refractivity contribution in [2.75, 3.05) is 26.2 Å². The molecule has 0 aliphatic carbocycles. The average molecular weight is 314 g/mol. The molecule has 1 aromatic rings. The molecule has 2 atom stereocenters. The normalized spacial score (nSPS) is 28.1. The van der Waals surface area contributed by atoms with Gasteiger partial charge >= 0.3 is 0 Å². The monoisotopic (exact) mass is 313 g/mol. The Hall–Kier alpha value is -0.130. The number of likely N-dealkylation sites (tertiary alicyclic amines) is 2. The Labute approximate surface area is 130 Å². The minimum absolute atomic E-state index is 0.427. The third kappa shape index (κ3) is 3.20. The Morgan fingerprint density at radius 3 is 2.65 bits per heavy atom. The van der Waals surface area contributed by atoms with Crippen LogP contribution in [0.5, 0.6) is 0 Å². The molecular formula is C15H24ClN3S. The van der Waals surface area contributed by atoms with Crippen LogP contribution < -0.4 is 5.73 Å². The third-order valence-electron chi connectivity index (χ3n) is 4.84. The van der Waals surface area contributed by atoms with E-state index in [1.807, 2.05) is 6.07 Å². The average Bonchev–Trinajstić information content (AvgIpc) is 3.08. The molecule has 20 heavy (non-hydrogen) atoms. The minimum atomic E-state index is 0.427. The van der Waals surface area contributed by atoms with Crippen molar-refractivity contribution in [3.05, 3.63) is 21.3 Å². The van der Waals surface area contributed by atoms with Gasteiger partial charge < -0.3 is 5.73 Å². The molecule has 0 radical (unpaired) electrons. The fourth-order valence-corrected chi connectivity index (χ4v) is 4.58. The number of nitrogens with zero attached hydrogens (tertiary/aromatic N) is 2. The largest absolute Gasteiger partial charge is 0.328 e. The van der Waals surface area contributed by atoms with E-state index in [1.165, 1.54) is 37.5 Å². The van der Waals surface area contributed by atoms with E-state index in [0.717, 1.165) is 23.2 Å². The smallest absolute Gasteiger partial charge is 0.0931 e. The predicted molar refractivity (Wildman–Crippen MR) is 86.5 cm³/mol. The fourth-order valence-electron chi connectivity index (χ4n) is 3.44. The molecule has 2 fully saturated rings. The van der Waals surface area contributed by atoms with Gasteiger partial charge in [0, 0.05) is 36.1 Å². The van der Waals surface area contributed by atoms with Crippen LogP contribution in [0.3, 0.4) is 0 Å². The van der Waals surface area contributed by atoms with E-state index in [-0.39, 0.29) is 0 Å². The Bertz CT molecular complexity index is 442. The van der Waals surface area contributed by atoms with Crippen molar-refractivity contribution in [1.82, 2.24) is 9.80 Å². The van der Waals surface area contributed by atoms with Gasteiger partial charge in [0.1, 0.15) is 0 Å². The molecule has 5 heteroatoms. The van der Waals surface area contributed by atoms with Gasteiger partial charge in [-0.3, -0.25) is 9.80 Å². The van der Waals surface area contributed by atoms with Crippen molar-refractivity contribution in [1.29, 1.82) is 0 Å². The Morgan fingerprint density at radius 2 is 2.00 bits per heavy atom. The van der Waals surface area contributed by atoms with Crippen LogP contribution in [0.25, 0.3) is 0 Å². The van der Waals surface area contributed by atoms with Crippen molar-refractivity contribution in [3.8, 4) is 0 Å². The summed E-state index contributed by atoms with van der Waals surface area (Å²) in [5, 5.41) is 0. The van der Waals surface area contributed by atoms with Gasteiger partial charge in [0.2, 0.25) is 0 Å². The van der Waals surface area contributed by atoms with Gasteiger partial charge in [-0.05, 0) is 51.4 Å². The number of hydrogen-bond acceptors (Lipinski definition) is 4. The first-order chi connectivity index (χ1) is 9.63. The summed E-state index contributed by atoms with van der Waals surface area (Å²) < 4.78 is 0.896. The summed E-state index contributed by atoms with van der Waals surface area (Å²) in [4.78, 5) is 6.63. The highest BCUT2D eigenvalue weighted by Crippen LogP contribution is 2.33. The summed E-state index contributed by atoms with van der Waals surface area (Å²) in [7, 11) is 0. The van der Waals surface area contributed by atoms with E-state index in [2.05, 4.69) is 22.8 Å². The van der Waals surface area contributed by atoms with E-state index in [4.69, 9.17) is 17.3 Å². The molecule has 3 heterocycles. The minimum Gasteiger partial charge on any atom is -0.328 e. The van der Waals surface area contributed by atoms with Crippen molar-refractivity contribution in [2.45, 2.75) is 44.3 Å². The second-order valence-corrected chi connectivity index (χ2v) is 7.88. The standard InChI is InChI=1S/C15H24ClN3S/c1-11(14-2-3-15(16)20-14)19-9-6-13(10-19)18-7-4-12(17)5-8-18/h2-3,11-13H,4-10,17H2,1H3. The van der Waals surface area contributed by atoms with E-state index in [1.54, 1.807) is 11.3 Å². The Morgan fingerprint density at radius 1 is 1.25 bits per heavy atom. The van der Waals surface area contributed by atoms with Crippen LogP contribution in [0.15, 0.2) is 12.1 Å². The van der Waals surface area contributed by atoms with E-state index >= 15 is 0 Å². The zero-order valence-electron chi connectivity index (χ0n) is 12.1. The molecule has 3 rings (SSSR count). The molecule has 0 spiro atoms. The van der Waals surface area contributed by atoms with E-state index in [0.29, 0.717) is 12.1 Å². The summed E-state index contributed by atoms with van der Waals surface area (Å²) in [5.74, 6) is 0. The van der Waals surface area contributed by atoms with Crippen LogP contribution in [0, 0.1) is 0 Å². The second-order valence-electron chi connectivity index (χ2n) is 6.13. The lowest BCUT2D eigenvalue weighted by atomic mass is 10.0. The zero-order chi connectivity index (χ0) is 14.1. The molecular weight excluding hydrogens is 290 g/mol. The molecule has 3 nitrogen and oxygen atoms in total. The molecule has 0 bridgehead atoms. The van der Waals surface area contributed by atoms with Crippen LogP contribution in [-0.4, -0.2) is 48.1 Å². The van der Waals surface area contributed by atoms with Crippen molar-refractivity contribution < 1.29 is 0 Å². The maximum absolute atomic E-state index is 6.06. The van der Waals surface area contributed by atoms with Gasteiger partial charge in [-0.25, -0.2) is 0 Å². The lowest BCUT2D eigenvalue weighted by molar-refractivity contribution is 0.146. The van der Waals surface area contributed by atoms with Gasteiger partial charge in [-0.15, -0.1) is 11.3 Å². The highest BCUT2D eigenvalue weighted by molar-refractivity contribution is 7.16. The van der Waals surface area contributed by atoms with E-state index in [9.17, 15) is 0 Å². The van der Waals surface area contributed by atoms with Crippen molar-refractivity contribution >= 4 is 22.9 Å². The molecule has 112 valence electrons. The zero-order valence-corrected chi connectivity index (χ0v) is 13.7. The van der Waals surface area contributed by atoms with E-state index < -0.39 is 0 Å². The SMILES string of the molecule is CC(c1ccc(Cl)s1)N1CCC(N2CCC(N)CC2)C1. The highest BCUT2D eigenvalue weighted by Gasteiger charge is 2.32. The molecule has 2 aliphatic rings. The summed E-state index contributed by atoms with van der Waals surface area (Å²) >= 11 is 7.77. The van der Waals surface area contributed by atoms with Crippen LogP contribution in [0.4, 0.5) is 0 Å². The van der Waals surface area contributed by atoms with Crippen LogP contribution in [0.2, 0.25) is 4.34 Å².